The third kappa shape index (κ3) is 3.13. The Hall–Kier alpha value is 0.0400. The van der Waals surface area contributed by atoms with Gasteiger partial charge in [-0.1, -0.05) is 11.6 Å². The summed E-state index contributed by atoms with van der Waals surface area (Å²) in [5.41, 5.74) is 0.925. The number of benzene rings is 1. The highest BCUT2D eigenvalue weighted by atomic mass is 79.9. The highest BCUT2D eigenvalue weighted by Gasteiger charge is 2.27. The van der Waals surface area contributed by atoms with Crippen molar-refractivity contribution in [2.24, 2.45) is 5.92 Å². The van der Waals surface area contributed by atoms with E-state index in [1.165, 1.54) is 0 Å². The molecular formula is C13H15BrCl2O2. The molecule has 1 saturated heterocycles. The molecular weight excluding hydrogens is 339 g/mol. The van der Waals surface area contributed by atoms with Crippen molar-refractivity contribution >= 4 is 39.1 Å². The zero-order chi connectivity index (χ0) is 13.1. The fourth-order valence-electron chi connectivity index (χ4n) is 2.25. The minimum atomic E-state index is -0.143. The molecule has 0 aromatic heterocycles. The van der Waals surface area contributed by atoms with E-state index in [4.69, 9.17) is 32.7 Å². The standard InChI is InChI=1S/C13H15BrCl2O2/c1-17-13-10(5-9(15)6-11(13)14)12(16)8-3-2-4-18-7-8/h5-6,8,12H,2-4,7H2,1H3. The minimum Gasteiger partial charge on any atom is -0.495 e. The van der Waals surface area contributed by atoms with E-state index in [1.807, 2.05) is 12.1 Å². The molecule has 0 spiro atoms. The largest absolute Gasteiger partial charge is 0.495 e. The SMILES string of the molecule is COc1c(Br)cc(Cl)cc1C(Cl)C1CCCOC1. The molecule has 18 heavy (non-hydrogen) atoms. The summed E-state index contributed by atoms with van der Waals surface area (Å²) >= 11 is 16.1. The van der Waals surface area contributed by atoms with Crippen molar-refractivity contribution in [1.82, 2.24) is 0 Å². The second kappa shape index (κ2) is 6.47. The van der Waals surface area contributed by atoms with Crippen LogP contribution in [0.5, 0.6) is 5.75 Å². The zero-order valence-corrected chi connectivity index (χ0v) is 13.2. The molecule has 0 saturated carbocycles. The molecule has 0 bridgehead atoms. The molecule has 1 heterocycles. The van der Waals surface area contributed by atoms with Crippen LogP contribution >= 0.6 is 39.1 Å². The van der Waals surface area contributed by atoms with E-state index in [-0.39, 0.29) is 5.38 Å². The Kier molecular flexibility index (Phi) is 5.19. The molecule has 0 radical (unpaired) electrons. The second-order valence-electron chi connectivity index (χ2n) is 4.39. The number of hydrogen-bond acceptors (Lipinski definition) is 2. The number of ether oxygens (including phenoxy) is 2. The van der Waals surface area contributed by atoms with Crippen LogP contribution < -0.4 is 4.74 Å². The van der Waals surface area contributed by atoms with Crippen molar-refractivity contribution in [2.45, 2.75) is 18.2 Å². The third-order valence-corrected chi connectivity index (χ3v) is 4.55. The Balaban J connectivity index is 2.30. The van der Waals surface area contributed by atoms with E-state index in [0.29, 0.717) is 17.5 Å². The Morgan fingerprint density at radius 3 is 2.89 bits per heavy atom. The van der Waals surface area contributed by atoms with Gasteiger partial charge in [-0.25, -0.2) is 0 Å². The fourth-order valence-corrected chi connectivity index (χ4v) is 3.61. The number of methoxy groups -OCH3 is 1. The van der Waals surface area contributed by atoms with E-state index in [1.54, 1.807) is 7.11 Å². The van der Waals surface area contributed by atoms with Gasteiger partial charge in [0.15, 0.2) is 0 Å². The maximum absolute atomic E-state index is 6.57. The number of alkyl halides is 1. The van der Waals surface area contributed by atoms with Crippen LogP contribution in [0.2, 0.25) is 5.02 Å². The van der Waals surface area contributed by atoms with Crippen LogP contribution in [0, 0.1) is 5.92 Å². The first-order valence-electron chi connectivity index (χ1n) is 5.88. The van der Waals surface area contributed by atoms with E-state index >= 15 is 0 Å². The van der Waals surface area contributed by atoms with Crippen molar-refractivity contribution in [1.29, 1.82) is 0 Å². The lowest BCUT2D eigenvalue weighted by Gasteiger charge is -2.27. The average Bonchev–Trinajstić information content (AvgIpc) is 2.38. The summed E-state index contributed by atoms with van der Waals surface area (Å²) in [7, 11) is 1.64. The van der Waals surface area contributed by atoms with Crippen LogP contribution in [-0.2, 0) is 4.74 Å². The van der Waals surface area contributed by atoms with Gasteiger partial charge in [0.05, 0.1) is 23.6 Å². The zero-order valence-electron chi connectivity index (χ0n) is 10.1. The smallest absolute Gasteiger partial charge is 0.137 e. The first-order valence-corrected chi connectivity index (χ1v) is 7.49. The highest BCUT2D eigenvalue weighted by Crippen LogP contribution is 2.43. The Morgan fingerprint density at radius 1 is 1.50 bits per heavy atom. The first-order chi connectivity index (χ1) is 8.63. The van der Waals surface area contributed by atoms with Gasteiger partial charge in [0.2, 0.25) is 0 Å². The van der Waals surface area contributed by atoms with Crippen molar-refractivity contribution in [2.75, 3.05) is 20.3 Å². The van der Waals surface area contributed by atoms with Crippen LogP contribution in [0.15, 0.2) is 16.6 Å². The molecule has 5 heteroatoms. The van der Waals surface area contributed by atoms with Crippen molar-refractivity contribution in [3.8, 4) is 5.75 Å². The molecule has 1 aliphatic rings. The summed E-state index contributed by atoms with van der Waals surface area (Å²) in [6.45, 7) is 1.53. The predicted molar refractivity (Wildman–Crippen MR) is 77.8 cm³/mol. The molecule has 2 nitrogen and oxygen atoms in total. The van der Waals surface area contributed by atoms with Crippen molar-refractivity contribution in [3.05, 3.63) is 27.2 Å². The van der Waals surface area contributed by atoms with Gasteiger partial charge in [-0.15, -0.1) is 11.6 Å². The molecule has 1 aromatic carbocycles. The Bertz CT molecular complexity index is 420. The summed E-state index contributed by atoms with van der Waals surface area (Å²) in [4.78, 5) is 0. The fraction of sp³-hybridized carbons (Fsp3) is 0.538. The van der Waals surface area contributed by atoms with Crippen LogP contribution in [0.3, 0.4) is 0 Å². The van der Waals surface area contributed by atoms with Gasteiger partial charge < -0.3 is 9.47 Å². The molecule has 100 valence electrons. The second-order valence-corrected chi connectivity index (χ2v) is 6.15. The molecule has 1 aliphatic heterocycles. The maximum Gasteiger partial charge on any atom is 0.137 e. The van der Waals surface area contributed by atoms with Crippen LogP contribution in [0.1, 0.15) is 23.8 Å². The van der Waals surface area contributed by atoms with Gasteiger partial charge in [0.25, 0.3) is 0 Å². The minimum absolute atomic E-state index is 0.143. The van der Waals surface area contributed by atoms with E-state index in [2.05, 4.69) is 15.9 Å². The van der Waals surface area contributed by atoms with Gasteiger partial charge in [-0.3, -0.25) is 0 Å². The van der Waals surface area contributed by atoms with E-state index in [0.717, 1.165) is 35.2 Å². The lowest BCUT2D eigenvalue weighted by molar-refractivity contribution is 0.0529. The van der Waals surface area contributed by atoms with Gasteiger partial charge in [0, 0.05) is 23.1 Å². The molecule has 2 atom stereocenters. The molecule has 2 rings (SSSR count). The molecule has 2 unspecified atom stereocenters. The number of halogens is 3. The first kappa shape index (κ1) is 14.4. The maximum atomic E-state index is 6.57. The van der Waals surface area contributed by atoms with Crippen LogP contribution in [-0.4, -0.2) is 20.3 Å². The summed E-state index contributed by atoms with van der Waals surface area (Å²) in [6, 6.07) is 3.68. The summed E-state index contributed by atoms with van der Waals surface area (Å²) in [5, 5.41) is 0.510. The van der Waals surface area contributed by atoms with Gasteiger partial charge in [0.1, 0.15) is 5.75 Å². The number of hydrogen-bond donors (Lipinski definition) is 0. The molecule has 1 fully saturated rings. The molecule has 1 aromatic rings. The lowest BCUT2D eigenvalue weighted by atomic mass is 9.93. The monoisotopic (exact) mass is 352 g/mol. The highest BCUT2D eigenvalue weighted by molar-refractivity contribution is 9.10. The molecule has 0 aliphatic carbocycles. The van der Waals surface area contributed by atoms with Gasteiger partial charge in [-0.2, -0.15) is 0 Å². The number of rotatable bonds is 3. The van der Waals surface area contributed by atoms with Crippen LogP contribution in [0.4, 0.5) is 0 Å². The van der Waals surface area contributed by atoms with E-state index < -0.39 is 0 Å². The third-order valence-electron chi connectivity index (χ3n) is 3.15. The topological polar surface area (TPSA) is 18.5 Å². The van der Waals surface area contributed by atoms with Gasteiger partial charge in [-0.05, 0) is 40.9 Å². The van der Waals surface area contributed by atoms with E-state index in [9.17, 15) is 0 Å². The van der Waals surface area contributed by atoms with Crippen molar-refractivity contribution < 1.29 is 9.47 Å². The van der Waals surface area contributed by atoms with Crippen LogP contribution in [0.25, 0.3) is 0 Å². The predicted octanol–water partition coefficient (Wildman–Crippen LogP) is 4.82. The van der Waals surface area contributed by atoms with Crippen molar-refractivity contribution in [3.63, 3.8) is 0 Å². The molecule has 0 amide bonds. The Labute approximate surface area is 126 Å². The normalized spacial score (nSPS) is 21.7. The summed E-state index contributed by atoms with van der Waals surface area (Å²) in [5.74, 6) is 1.06. The Morgan fingerprint density at radius 2 is 2.28 bits per heavy atom. The quantitative estimate of drug-likeness (QED) is 0.725. The average molecular weight is 354 g/mol. The lowest BCUT2D eigenvalue weighted by Crippen LogP contribution is -2.21. The summed E-state index contributed by atoms with van der Waals surface area (Å²) in [6.07, 6.45) is 2.12. The summed E-state index contributed by atoms with van der Waals surface area (Å²) < 4.78 is 11.7. The van der Waals surface area contributed by atoms with Gasteiger partial charge >= 0.3 is 0 Å². The molecule has 0 N–H and O–H groups in total.